The van der Waals surface area contributed by atoms with E-state index in [1.807, 2.05) is 0 Å². The molecule has 0 heterocycles. The zero-order valence-corrected chi connectivity index (χ0v) is 12.6. The minimum atomic E-state index is -3.64. The Bertz CT molecular complexity index is 697. The molecule has 0 saturated carbocycles. The highest BCUT2D eigenvalue weighted by atomic mass is 32.2. The average Bonchev–Trinajstić information content (AvgIpc) is 2.48. The van der Waals surface area contributed by atoms with E-state index in [2.05, 4.69) is 4.72 Å². The fourth-order valence-corrected chi connectivity index (χ4v) is 3.00. The lowest BCUT2D eigenvalue weighted by Gasteiger charge is -2.11. The summed E-state index contributed by atoms with van der Waals surface area (Å²) in [6.45, 7) is 0.533. The molecule has 0 amide bonds. The molecule has 0 atom stereocenters. The number of methoxy groups -OCH3 is 1. The number of para-hydroxylation sites is 2. The number of nitrogens with one attached hydrogen (secondary N) is 1. The van der Waals surface area contributed by atoms with E-state index in [1.54, 1.807) is 48.5 Å². The predicted molar refractivity (Wildman–Crippen MR) is 83.0 cm³/mol. The lowest BCUT2D eigenvalue weighted by Crippen LogP contribution is -2.13. The molecule has 112 valence electrons. The standard InChI is InChI=1S/C15H18N2O3S/c1-20-15-5-3-2-4-14(15)17-21(18,19)13-8-6-12(7-9-13)10-11-16/h2-9,17H,10-11,16H2,1H3. The van der Waals surface area contributed by atoms with Crippen LogP contribution in [0.1, 0.15) is 5.56 Å². The number of benzene rings is 2. The zero-order valence-electron chi connectivity index (χ0n) is 11.7. The summed E-state index contributed by atoms with van der Waals surface area (Å²) in [6, 6.07) is 13.5. The van der Waals surface area contributed by atoms with Crippen LogP contribution < -0.4 is 15.2 Å². The van der Waals surface area contributed by atoms with Crippen molar-refractivity contribution < 1.29 is 13.2 Å². The van der Waals surface area contributed by atoms with E-state index < -0.39 is 10.0 Å². The molecule has 0 spiro atoms. The summed E-state index contributed by atoms with van der Waals surface area (Å²) >= 11 is 0. The van der Waals surface area contributed by atoms with E-state index in [4.69, 9.17) is 10.5 Å². The van der Waals surface area contributed by atoms with Crippen molar-refractivity contribution in [3.8, 4) is 5.75 Å². The molecule has 2 rings (SSSR count). The van der Waals surface area contributed by atoms with Crippen LogP contribution in [0.15, 0.2) is 53.4 Å². The van der Waals surface area contributed by atoms with Gasteiger partial charge in [0.15, 0.2) is 0 Å². The van der Waals surface area contributed by atoms with E-state index in [1.165, 1.54) is 7.11 Å². The van der Waals surface area contributed by atoms with Gasteiger partial charge in [0, 0.05) is 0 Å². The van der Waals surface area contributed by atoms with Crippen LogP contribution in [-0.2, 0) is 16.4 Å². The molecule has 2 aromatic carbocycles. The van der Waals surface area contributed by atoms with Gasteiger partial charge in [-0.05, 0) is 42.8 Å². The van der Waals surface area contributed by atoms with Gasteiger partial charge in [0.25, 0.3) is 10.0 Å². The third-order valence-corrected chi connectivity index (χ3v) is 4.40. The van der Waals surface area contributed by atoms with Gasteiger partial charge >= 0.3 is 0 Å². The van der Waals surface area contributed by atoms with Crippen LogP contribution in [0.5, 0.6) is 5.75 Å². The Labute approximate surface area is 124 Å². The summed E-state index contributed by atoms with van der Waals surface area (Å²) < 4.78 is 32.4. The van der Waals surface area contributed by atoms with Crippen molar-refractivity contribution in [2.24, 2.45) is 5.73 Å². The molecule has 0 radical (unpaired) electrons. The van der Waals surface area contributed by atoms with Crippen LogP contribution in [0, 0.1) is 0 Å². The fourth-order valence-electron chi connectivity index (χ4n) is 1.93. The second-order valence-corrected chi connectivity index (χ2v) is 6.17. The number of rotatable bonds is 6. The van der Waals surface area contributed by atoms with Crippen LogP contribution in [0.4, 0.5) is 5.69 Å². The van der Waals surface area contributed by atoms with Crippen molar-refractivity contribution in [2.75, 3.05) is 18.4 Å². The maximum absolute atomic E-state index is 12.3. The average molecular weight is 306 g/mol. The number of hydrogen-bond donors (Lipinski definition) is 2. The van der Waals surface area contributed by atoms with Gasteiger partial charge in [-0.3, -0.25) is 4.72 Å². The van der Waals surface area contributed by atoms with Gasteiger partial charge in [0.2, 0.25) is 0 Å². The summed E-state index contributed by atoms with van der Waals surface area (Å²) in [7, 11) is -2.14. The molecule has 2 aromatic rings. The molecule has 0 aliphatic carbocycles. The van der Waals surface area contributed by atoms with Gasteiger partial charge in [-0.25, -0.2) is 8.42 Å². The first-order valence-corrected chi connectivity index (χ1v) is 8.00. The van der Waals surface area contributed by atoms with E-state index in [-0.39, 0.29) is 4.90 Å². The lowest BCUT2D eigenvalue weighted by molar-refractivity contribution is 0.417. The van der Waals surface area contributed by atoms with Crippen LogP contribution in [0.2, 0.25) is 0 Å². The SMILES string of the molecule is COc1ccccc1NS(=O)(=O)c1ccc(CCN)cc1. The summed E-state index contributed by atoms with van der Waals surface area (Å²) in [5.74, 6) is 0.473. The van der Waals surface area contributed by atoms with Crippen LogP contribution >= 0.6 is 0 Å². The van der Waals surface area contributed by atoms with E-state index in [9.17, 15) is 8.42 Å². The molecule has 0 aliphatic heterocycles. The van der Waals surface area contributed by atoms with Gasteiger partial charge in [-0.1, -0.05) is 24.3 Å². The van der Waals surface area contributed by atoms with E-state index in [0.717, 1.165) is 12.0 Å². The summed E-state index contributed by atoms with van der Waals surface area (Å²) in [5, 5.41) is 0. The molecular weight excluding hydrogens is 288 g/mol. The van der Waals surface area contributed by atoms with Gasteiger partial charge in [-0.15, -0.1) is 0 Å². The topological polar surface area (TPSA) is 81.4 Å². The van der Waals surface area contributed by atoms with Crippen LogP contribution in [0.25, 0.3) is 0 Å². The fraction of sp³-hybridized carbons (Fsp3) is 0.200. The maximum atomic E-state index is 12.3. The molecule has 6 heteroatoms. The third-order valence-electron chi connectivity index (χ3n) is 3.02. The molecule has 0 unspecified atom stereocenters. The highest BCUT2D eigenvalue weighted by Gasteiger charge is 2.16. The molecule has 3 N–H and O–H groups in total. The molecular formula is C15H18N2O3S. The smallest absolute Gasteiger partial charge is 0.262 e. The molecule has 5 nitrogen and oxygen atoms in total. The maximum Gasteiger partial charge on any atom is 0.262 e. The Morgan fingerprint density at radius 2 is 1.76 bits per heavy atom. The van der Waals surface area contributed by atoms with Gasteiger partial charge in [0.1, 0.15) is 5.75 Å². The lowest BCUT2D eigenvalue weighted by atomic mass is 10.2. The highest BCUT2D eigenvalue weighted by Crippen LogP contribution is 2.26. The quantitative estimate of drug-likeness (QED) is 0.855. The Kier molecular flexibility index (Phi) is 4.82. The Balaban J connectivity index is 2.25. The van der Waals surface area contributed by atoms with Gasteiger partial charge in [0.05, 0.1) is 17.7 Å². The molecule has 21 heavy (non-hydrogen) atoms. The number of anilines is 1. The van der Waals surface area contributed by atoms with E-state index in [0.29, 0.717) is 18.0 Å². The van der Waals surface area contributed by atoms with Crippen molar-refractivity contribution in [2.45, 2.75) is 11.3 Å². The summed E-state index contributed by atoms with van der Waals surface area (Å²) in [4.78, 5) is 0.203. The predicted octanol–water partition coefficient (Wildman–Crippen LogP) is 2.00. The van der Waals surface area contributed by atoms with Crippen molar-refractivity contribution in [3.05, 3.63) is 54.1 Å². The number of hydrogen-bond acceptors (Lipinski definition) is 4. The highest BCUT2D eigenvalue weighted by molar-refractivity contribution is 7.92. The zero-order chi connectivity index (χ0) is 15.3. The van der Waals surface area contributed by atoms with E-state index >= 15 is 0 Å². The normalized spacial score (nSPS) is 11.1. The molecule has 0 fully saturated rings. The number of nitrogens with two attached hydrogens (primary N) is 1. The van der Waals surface area contributed by atoms with Gasteiger partial charge < -0.3 is 10.5 Å². The summed E-state index contributed by atoms with van der Waals surface area (Å²) in [5.41, 5.74) is 6.89. The van der Waals surface area contributed by atoms with Crippen molar-refractivity contribution in [1.82, 2.24) is 0 Å². The molecule has 0 bridgehead atoms. The van der Waals surface area contributed by atoms with Crippen molar-refractivity contribution >= 4 is 15.7 Å². The van der Waals surface area contributed by atoms with Gasteiger partial charge in [-0.2, -0.15) is 0 Å². The molecule has 0 aromatic heterocycles. The number of ether oxygens (including phenoxy) is 1. The molecule has 0 saturated heterocycles. The first kappa shape index (κ1) is 15.3. The Morgan fingerprint density at radius 1 is 1.10 bits per heavy atom. The third kappa shape index (κ3) is 3.74. The number of sulfonamides is 1. The largest absolute Gasteiger partial charge is 0.495 e. The minimum Gasteiger partial charge on any atom is -0.495 e. The first-order chi connectivity index (χ1) is 10.1. The second-order valence-electron chi connectivity index (χ2n) is 4.49. The van der Waals surface area contributed by atoms with Crippen molar-refractivity contribution in [1.29, 1.82) is 0 Å². The minimum absolute atomic E-state index is 0.203. The van der Waals surface area contributed by atoms with Crippen molar-refractivity contribution in [3.63, 3.8) is 0 Å². The van der Waals surface area contributed by atoms with Crippen LogP contribution in [-0.4, -0.2) is 22.1 Å². The Morgan fingerprint density at radius 3 is 2.38 bits per heavy atom. The first-order valence-electron chi connectivity index (χ1n) is 6.51. The Hall–Kier alpha value is -2.05. The summed E-state index contributed by atoms with van der Waals surface area (Å²) in [6.07, 6.45) is 0.722. The van der Waals surface area contributed by atoms with Crippen LogP contribution in [0.3, 0.4) is 0 Å². The second kappa shape index (κ2) is 6.60. The monoisotopic (exact) mass is 306 g/mol. The molecule has 0 aliphatic rings.